The second kappa shape index (κ2) is 9.20. The summed E-state index contributed by atoms with van der Waals surface area (Å²) < 4.78 is 0. The van der Waals surface area contributed by atoms with Crippen molar-refractivity contribution in [1.82, 2.24) is 10.2 Å². The maximum absolute atomic E-state index is 12.3. The highest BCUT2D eigenvalue weighted by atomic mass is 35.5. The lowest BCUT2D eigenvalue weighted by molar-refractivity contribution is -0.128. The lowest BCUT2D eigenvalue weighted by atomic mass is 10.1. The number of hydrogen-bond donors (Lipinski definition) is 2. The number of halogens is 1. The fraction of sp³-hybridized carbons (Fsp3) is 0.263. The highest BCUT2D eigenvalue weighted by Gasteiger charge is 2.10. The van der Waals surface area contributed by atoms with E-state index in [0.717, 1.165) is 5.56 Å². The van der Waals surface area contributed by atoms with Crippen LogP contribution < -0.4 is 10.6 Å². The zero-order valence-corrected chi connectivity index (χ0v) is 15.1. The topological polar surface area (TPSA) is 61.4 Å². The molecule has 2 aromatic rings. The molecule has 0 bridgehead atoms. The van der Waals surface area contributed by atoms with Gasteiger partial charge in [-0.2, -0.15) is 0 Å². The monoisotopic (exact) mass is 359 g/mol. The maximum Gasteiger partial charge on any atom is 0.257 e. The highest BCUT2D eigenvalue weighted by molar-refractivity contribution is 6.34. The number of nitrogens with zero attached hydrogens (tertiary/aromatic N) is 1. The van der Waals surface area contributed by atoms with Crippen LogP contribution in [0.4, 0.5) is 5.69 Å². The molecular formula is C19H22ClN3O2. The molecule has 2 amide bonds. The minimum Gasteiger partial charge on any atom is -0.349 e. The molecule has 5 nitrogen and oxygen atoms in total. The number of carbonyl (C=O) groups excluding carboxylic acids is 2. The van der Waals surface area contributed by atoms with Gasteiger partial charge in [0.15, 0.2) is 0 Å². The van der Waals surface area contributed by atoms with Crippen molar-refractivity contribution in [2.75, 3.05) is 26.0 Å². The number of nitrogens with one attached hydrogen (secondary N) is 2. The molecule has 0 saturated carbocycles. The summed E-state index contributed by atoms with van der Waals surface area (Å²) in [6, 6.07) is 14.5. The molecule has 2 aromatic carbocycles. The summed E-state index contributed by atoms with van der Waals surface area (Å²) in [6.07, 6.45) is 0.454. The molecule has 2 N–H and O–H groups in total. The lowest BCUT2D eigenvalue weighted by Gasteiger charge is -2.11. The summed E-state index contributed by atoms with van der Waals surface area (Å²) in [5.41, 5.74) is 2.16. The fourth-order valence-electron chi connectivity index (χ4n) is 2.25. The second-order valence-electron chi connectivity index (χ2n) is 5.85. The Labute approximate surface area is 153 Å². The molecule has 0 heterocycles. The summed E-state index contributed by atoms with van der Waals surface area (Å²) in [7, 11) is 3.49. The fourth-order valence-corrected chi connectivity index (χ4v) is 2.48. The van der Waals surface area contributed by atoms with Crippen molar-refractivity contribution < 1.29 is 9.59 Å². The number of carbonyl (C=O) groups is 2. The van der Waals surface area contributed by atoms with Gasteiger partial charge in [-0.25, -0.2) is 0 Å². The average Bonchev–Trinajstić information content (AvgIpc) is 2.59. The van der Waals surface area contributed by atoms with Gasteiger partial charge < -0.3 is 15.5 Å². The predicted octanol–water partition coefficient (Wildman–Crippen LogP) is 3.16. The standard InChI is InChI=1S/C19H22ClN3O2/c1-23(2)18(24)10-11-21-13-14-6-5-7-15(12-14)22-19(25)16-8-3-4-9-17(16)20/h3-9,12,21H,10-11,13H2,1-2H3,(H,22,25). The predicted molar refractivity (Wildman–Crippen MR) is 101 cm³/mol. The SMILES string of the molecule is CN(C)C(=O)CCNCc1cccc(NC(=O)c2ccccc2Cl)c1. The second-order valence-corrected chi connectivity index (χ2v) is 6.26. The molecule has 0 aliphatic heterocycles. The molecule has 0 aliphatic rings. The Balaban J connectivity index is 1.89. The largest absolute Gasteiger partial charge is 0.349 e. The number of benzene rings is 2. The number of hydrogen-bond acceptors (Lipinski definition) is 3. The van der Waals surface area contributed by atoms with E-state index in [9.17, 15) is 9.59 Å². The summed E-state index contributed by atoms with van der Waals surface area (Å²) >= 11 is 6.05. The molecule has 0 aliphatic carbocycles. The third-order valence-electron chi connectivity index (χ3n) is 3.65. The van der Waals surface area contributed by atoms with Crippen molar-refractivity contribution >= 4 is 29.1 Å². The van der Waals surface area contributed by atoms with Gasteiger partial charge in [0.05, 0.1) is 10.6 Å². The van der Waals surface area contributed by atoms with Crippen LogP contribution in [0.15, 0.2) is 48.5 Å². The molecule has 0 fully saturated rings. The normalized spacial score (nSPS) is 10.4. The van der Waals surface area contributed by atoms with Crippen LogP contribution in [-0.4, -0.2) is 37.4 Å². The smallest absolute Gasteiger partial charge is 0.257 e. The first-order valence-electron chi connectivity index (χ1n) is 8.03. The Hall–Kier alpha value is -2.37. The molecule has 0 unspecified atom stereocenters. The van der Waals surface area contributed by atoms with Crippen molar-refractivity contribution in [2.24, 2.45) is 0 Å². The quantitative estimate of drug-likeness (QED) is 0.746. The minimum atomic E-state index is -0.243. The number of rotatable bonds is 7. The van der Waals surface area contributed by atoms with Crippen LogP contribution in [0.2, 0.25) is 5.02 Å². The molecule has 0 saturated heterocycles. The Morgan fingerprint density at radius 1 is 1.08 bits per heavy atom. The molecule has 0 spiro atoms. The third-order valence-corrected chi connectivity index (χ3v) is 3.98. The first kappa shape index (κ1) is 19.0. The molecule has 25 heavy (non-hydrogen) atoms. The zero-order valence-electron chi connectivity index (χ0n) is 14.4. The van der Waals surface area contributed by atoms with E-state index >= 15 is 0 Å². The molecule has 0 aromatic heterocycles. The molecule has 2 rings (SSSR count). The molecular weight excluding hydrogens is 338 g/mol. The van der Waals surface area contributed by atoms with Crippen LogP contribution in [0.3, 0.4) is 0 Å². The van der Waals surface area contributed by atoms with E-state index in [1.165, 1.54) is 0 Å². The van der Waals surface area contributed by atoms with Crippen LogP contribution >= 0.6 is 11.6 Å². The number of amides is 2. The maximum atomic E-state index is 12.3. The van der Waals surface area contributed by atoms with Gasteiger partial charge in [-0.3, -0.25) is 9.59 Å². The van der Waals surface area contributed by atoms with Gasteiger partial charge in [0.1, 0.15) is 0 Å². The van der Waals surface area contributed by atoms with E-state index in [4.69, 9.17) is 11.6 Å². The van der Waals surface area contributed by atoms with E-state index in [1.807, 2.05) is 24.3 Å². The summed E-state index contributed by atoms with van der Waals surface area (Å²) in [4.78, 5) is 25.4. The van der Waals surface area contributed by atoms with Gasteiger partial charge in [0.2, 0.25) is 5.91 Å². The van der Waals surface area contributed by atoms with E-state index in [2.05, 4.69) is 10.6 Å². The first-order chi connectivity index (χ1) is 12.0. The molecule has 132 valence electrons. The Morgan fingerprint density at radius 2 is 1.84 bits per heavy atom. The molecule has 0 radical (unpaired) electrons. The minimum absolute atomic E-state index is 0.0910. The Bertz CT molecular complexity index is 747. The van der Waals surface area contributed by atoms with Crippen LogP contribution in [0, 0.1) is 0 Å². The number of anilines is 1. The van der Waals surface area contributed by atoms with Crippen molar-refractivity contribution in [2.45, 2.75) is 13.0 Å². The van der Waals surface area contributed by atoms with Crippen molar-refractivity contribution in [1.29, 1.82) is 0 Å². The van der Waals surface area contributed by atoms with Crippen LogP contribution in [0.5, 0.6) is 0 Å². The van der Waals surface area contributed by atoms with E-state index in [-0.39, 0.29) is 11.8 Å². The summed E-state index contributed by atoms with van der Waals surface area (Å²) in [6.45, 7) is 1.23. The zero-order chi connectivity index (χ0) is 18.2. The molecule has 6 heteroatoms. The van der Waals surface area contributed by atoms with Crippen LogP contribution in [-0.2, 0) is 11.3 Å². The van der Waals surface area contributed by atoms with Gasteiger partial charge in [0.25, 0.3) is 5.91 Å². The van der Waals surface area contributed by atoms with Gasteiger partial charge in [-0.1, -0.05) is 35.9 Å². The molecule has 0 atom stereocenters. The van der Waals surface area contributed by atoms with Gasteiger partial charge in [0, 0.05) is 39.3 Å². The van der Waals surface area contributed by atoms with E-state index in [0.29, 0.717) is 35.8 Å². The van der Waals surface area contributed by atoms with Crippen molar-refractivity contribution in [3.63, 3.8) is 0 Å². The third kappa shape index (κ3) is 5.89. The van der Waals surface area contributed by atoms with Gasteiger partial charge in [-0.05, 0) is 29.8 Å². The Morgan fingerprint density at radius 3 is 2.56 bits per heavy atom. The van der Waals surface area contributed by atoms with Crippen molar-refractivity contribution in [3.8, 4) is 0 Å². The summed E-state index contributed by atoms with van der Waals surface area (Å²) in [5, 5.41) is 6.50. The van der Waals surface area contributed by atoms with Crippen molar-refractivity contribution in [3.05, 3.63) is 64.7 Å². The van der Waals surface area contributed by atoms with E-state index in [1.54, 1.807) is 43.3 Å². The van der Waals surface area contributed by atoms with Gasteiger partial charge in [-0.15, -0.1) is 0 Å². The first-order valence-corrected chi connectivity index (χ1v) is 8.41. The van der Waals surface area contributed by atoms with E-state index < -0.39 is 0 Å². The lowest BCUT2D eigenvalue weighted by Crippen LogP contribution is -2.26. The highest BCUT2D eigenvalue weighted by Crippen LogP contribution is 2.18. The van der Waals surface area contributed by atoms with Crippen LogP contribution in [0.1, 0.15) is 22.3 Å². The van der Waals surface area contributed by atoms with Crippen LogP contribution in [0.25, 0.3) is 0 Å². The summed E-state index contributed by atoms with van der Waals surface area (Å²) in [5.74, 6) is -0.152. The van der Waals surface area contributed by atoms with Gasteiger partial charge >= 0.3 is 0 Å². The average molecular weight is 360 g/mol. The Kier molecular flexibility index (Phi) is 6.98.